The van der Waals surface area contributed by atoms with E-state index in [-0.39, 0.29) is 42.8 Å². The van der Waals surface area contributed by atoms with Crippen molar-refractivity contribution in [3.63, 3.8) is 0 Å². The number of ether oxygens (including phenoxy) is 1. The van der Waals surface area contributed by atoms with E-state index in [0.717, 1.165) is 36.3 Å². The second-order valence-corrected chi connectivity index (χ2v) is 16.4. The molecule has 284 valence electrons. The summed E-state index contributed by atoms with van der Waals surface area (Å²) in [6, 6.07) is 13.1. The van der Waals surface area contributed by atoms with Gasteiger partial charge in [0, 0.05) is 32.6 Å². The summed E-state index contributed by atoms with van der Waals surface area (Å²) in [5.74, 6) is -0.584. The second-order valence-electron chi connectivity index (χ2n) is 13.5. The summed E-state index contributed by atoms with van der Waals surface area (Å²) in [5, 5.41) is 32.3. The highest BCUT2D eigenvalue weighted by Gasteiger charge is 2.35. The van der Waals surface area contributed by atoms with E-state index < -0.39 is 40.1 Å². The minimum Gasteiger partial charge on any atom is -0.411 e. The van der Waals surface area contributed by atoms with Gasteiger partial charge in [-0.15, -0.1) is 11.3 Å². The van der Waals surface area contributed by atoms with E-state index in [0.29, 0.717) is 24.3 Å². The SMILES string of the molecule is CCC(C)C(NC(=O)N(C)Cc1csc(COC)n1)C(=O)N[C@@H](Cc1ccccc1)[C@H](O)CN(CC1CCCC1)S(=O)(=O)c1ccc(/C=N/O)cc1. The predicted molar refractivity (Wildman–Crippen MR) is 201 cm³/mol. The summed E-state index contributed by atoms with van der Waals surface area (Å²) in [6.45, 7) is 4.40. The Morgan fingerprint density at radius 1 is 1.12 bits per heavy atom. The van der Waals surface area contributed by atoms with Crippen molar-refractivity contribution in [3.05, 3.63) is 81.8 Å². The molecule has 0 bridgehead atoms. The number of methoxy groups -OCH3 is 1. The van der Waals surface area contributed by atoms with Gasteiger partial charge in [0.2, 0.25) is 15.9 Å². The van der Waals surface area contributed by atoms with E-state index in [4.69, 9.17) is 9.94 Å². The fourth-order valence-electron chi connectivity index (χ4n) is 6.32. The van der Waals surface area contributed by atoms with Gasteiger partial charge in [0.15, 0.2) is 0 Å². The van der Waals surface area contributed by atoms with E-state index in [9.17, 15) is 23.1 Å². The summed E-state index contributed by atoms with van der Waals surface area (Å²) < 4.78 is 34.7. The van der Waals surface area contributed by atoms with Crippen molar-refractivity contribution in [1.29, 1.82) is 0 Å². The number of carbonyl (C=O) groups excluding carboxylic acids is 2. The maximum absolute atomic E-state index is 14.1. The third-order valence-electron chi connectivity index (χ3n) is 9.53. The normalized spacial score (nSPS) is 16.1. The van der Waals surface area contributed by atoms with E-state index in [1.54, 1.807) is 26.3 Å². The van der Waals surface area contributed by atoms with Gasteiger partial charge in [0.05, 0.1) is 42.1 Å². The largest absolute Gasteiger partial charge is 0.411 e. The maximum atomic E-state index is 14.1. The lowest BCUT2D eigenvalue weighted by molar-refractivity contribution is -0.125. The zero-order chi connectivity index (χ0) is 37.7. The number of rotatable bonds is 19. The van der Waals surface area contributed by atoms with E-state index in [2.05, 4.69) is 20.8 Å². The third-order valence-corrected chi connectivity index (χ3v) is 12.2. The van der Waals surface area contributed by atoms with Crippen LogP contribution in [0.25, 0.3) is 0 Å². The molecule has 1 heterocycles. The van der Waals surface area contributed by atoms with Crippen LogP contribution in [0.3, 0.4) is 0 Å². The average molecular weight is 757 g/mol. The van der Waals surface area contributed by atoms with Crippen molar-refractivity contribution in [3.8, 4) is 0 Å². The van der Waals surface area contributed by atoms with E-state index >= 15 is 0 Å². The van der Waals surface area contributed by atoms with Crippen molar-refractivity contribution in [2.24, 2.45) is 17.0 Å². The van der Waals surface area contributed by atoms with Gasteiger partial charge in [-0.3, -0.25) is 4.79 Å². The first-order valence-corrected chi connectivity index (χ1v) is 20.0. The van der Waals surface area contributed by atoms with Gasteiger partial charge in [0.1, 0.15) is 11.0 Å². The van der Waals surface area contributed by atoms with Crippen LogP contribution in [-0.2, 0) is 39.1 Å². The molecule has 1 fully saturated rings. The molecule has 1 aromatic heterocycles. The topological polar surface area (TPSA) is 174 Å². The van der Waals surface area contributed by atoms with Crippen LogP contribution in [0, 0.1) is 11.8 Å². The summed E-state index contributed by atoms with van der Waals surface area (Å²) in [5.41, 5.74) is 2.08. The van der Waals surface area contributed by atoms with Crippen LogP contribution in [0.2, 0.25) is 0 Å². The molecule has 3 aromatic rings. The monoisotopic (exact) mass is 756 g/mol. The molecule has 13 nitrogen and oxygen atoms in total. The van der Waals surface area contributed by atoms with Crippen LogP contribution >= 0.6 is 11.3 Å². The molecule has 4 atom stereocenters. The molecule has 0 radical (unpaired) electrons. The third kappa shape index (κ3) is 11.6. The zero-order valence-electron chi connectivity index (χ0n) is 30.3. The predicted octanol–water partition coefficient (Wildman–Crippen LogP) is 4.62. The van der Waals surface area contributed by atoms with Crippen molar-refractivity contribution >= 4 is 39.5 Å². The quantitative estimate of drug-likeness (QED) is 0.0779. The van der Waals surface area contributed by atoms with Crippen molar-refractivity contribution in [2.75, 3.05) is 27.2 Å². The fraction of sp³-hybridized carbons (Fsp3) is 0.514. The standard InChI is InChI=1S/C37H52N6O7S2/c1-5-26(2)35(41-37(46)42(3)22-30-25-51-34(39-30)24-50-4)36(45)40-32(19-27-11-7-6-8-12-27)33(44)23-43(21-29-13-9-10-14-29)52(48,49)31-17-15-28(16-18-31)20-38-47/h6-8,11-12,15-18,20,25-26,29,32-33,35,44,47H,5,9-10,13-14,19,21-24H2,1-4H3,(H,40,45)(H,41,46)/b38-20+/t26?,32-,33+,35?/m0/s1. The first-order valence-electron chi connectivity index (χ1n) is 17.7. The number of aromatic nitrogens is 1. The van der Waals surface area contributed by atoms with Crippen molar-refractivity contribution < 1.29 is 33.1 Å². The number of sulfonamides is 1. The molecule has 2 aromatic carbocycles. The molecule has 0 saturated heterocycles. The first kappa shape index (κ1) is 40.9. The zero-order valence-corrected chi connectivity index (χ0v) is 32.0. The minimum absolute atomic E-state index is 0.0488. The molecule has 1 aliphatic rings. The average Bonchev–Trinajstić information content (AvgIpc) is 3.82. The summed E-state index contributed by atoms with van der Waals surface area (Å²) in [7, 11) is -0.834. The van der Waals surface area contributed by atoms with Gasteiger partial charge in [-0.25, -0.2) is 18.2 Å². The summed E-state index contributed by atoms with van der Waals surface area (Å²) >= 11 is 1.44. The molecule has 15 heteroatoms. The highest BCUT2D eigenvalue weighted by atomic mass is 32.2. The van der Waals surface area contributed by atoms with E-state index in [1.165, 1.54) is 38.9 Å². The molecule has 1 saturated carbocycles. The fourth-order valence-corrected chi connectivity index (χ4v) is 8.61. The number of benzene rings is 2. The van der Waals surface area contributed by atoms with Crippen LogP contribution in [0.4, 0.5) is 4.79 Å². The Bertz CT molecular complexity index is 1700. The molecule has 2 unspecified atom stereocenters. The number of nitrogens with zero attached hydrogens (tertiary/aromatic N) is 4. The van der Waals surface area contributed by atoms with Gasteiger partial charge < -0.3 is 30.6 Å². The maximum Gasteiger partial charge on any atom is 0.318 e. The summed E-state index contributed by atoms with van der Waals surface area (Å²) in [4.78, 5) is 33.5. The van der Waals surface area contributed by atoms with Gasteiger partial charge in [-0.05, 0) is 54.4 Å². The molecule has 4 N–H and O–H groups in total. The number of aliphatic hydroxyl groups excluding tert-OH is 1. The Labute approximate surface area is 311 Å². The number of hydrogen-bond acceptors (Lipinski definition) is 10. The van der Waals surface area contributed by atoms with Gasteiger partial charge in [-0.2, -0.15) is 4.31 Å². The van der Waals surface area contributed by atoms with E-state index in [1.807, 2.05) is 49.6 Å². The van der Waals surface area contributed by atoms with Crippen LogP contribution < -0.4 is 10.6 Å². The number of hydrogen-bond donors (Lipinski definition) is 4. The van der Waals surface area contributed by atoms with Gasteiger partial charge >= 0.3 is 6.03 Å². The molecule has 0 spiro atoms. The summed E-state index contributed by atoms with van der Waals surface area (Å²) in [6.07, 6.45) is 4.55. The number of oxime groups is 1. The molecular formula is C37H52N6O7S2. The van der Waals surface area contributed by atoms with Gasteiger partial charge in [0.25, 0.3) is 0 Å². The molecule has 0 aliphatic heterocycles. The minimum atomic E-state index is -4.06. The number of aliphatic hydroxyl groups is 1. The Kier molecular flexibility index (Phi) is 15.6. The molecule has 3 amide bonds. The molecule has 1 aliphatic carbocycles. The Morgan fingerprint density at radius 3 is 2.44 bits per heavy atom. The Hall–Kier alpha value is -3.89. The molecule has 4 rings (SSSR count). The van der Waals surface area contributed by atoms with Crippen molar-refractivity contribution in [2.45, 2.75) is 88.6 Å². The molecule has 52 heavy (non-hydrogen) atoms. The van der Waals surface area contributed by atoms with Gasteiger partial charge in [-0.1, -0.05) is 80.7 Å². The number of carbonyl (C=O) groups is 2. The van der Waals surface area contributed by atoms with Crippen LogP contribution in [0.5, 0.6) is 0 Å². The number of urea groups is 1. The lowest BCUT2D eigenvalue weighted by Crippen LogP contribution is -2.58. The lowest BCUT2D eigenvalue weighted by atomic mass is 9.96. The highest BCUT2D eigenvalue weighted by Crippen LogP contribution is 2.28. The number of amides is 3. The van der Waals surface area contributed by atoms with Crippen LogP contribution in [0.1, 0.15) is 67.8 Å². The Morgan fingerprint density at radius 2 is 1.81 bits per heavy atom. The highest BCUT2D eigenvalue weighted by molar-refractivity contribution is 7.89. The van der Waals surface area contributed by atoms with Crippen molar-refractivity contribution in [1.82, 2.24) is 24.8 Å². The van der Waals surface area contributed by atoms with Crippen LogP contribution in [0.15, 0.2) is 70.0 Å². The van der Waals surface area contributed by atoms with Crippen LogP contribution in [-0.4, -0.2) is 96.5 Å². The first-order chi connectivity index (χ1) is 24.9. The molecular weight excluding hydrogens is 705 g/mol. The smallest absolute Gasteiger partial charge is 0.318 e. The second kappa shape index (κ2) is 19.8. The number of thiazole rings is 1. The number of nitrogens with one attached hydrogen (secondary N) is 2. The lowest BCUT2D eigenvalue weighted by Gasteiger charge is -2.33. The Balaban J connectivity index is 1.56.